The average Bonchev–Trinajstić information content (AvgIpc) is 3.37. The topological polar surface area (TPSA) is 92.9 Å². The standard InChI is InChI=1S/C22H27F3N8OS/c1-5-6-17-26-9-16(10-27-17)19-20(35-21(29-19)22(23,24)25)31-7-8-32(13(2)11-31)18(34)12-33-15(4)28-14(3)30-33/h9-10,13H,5-8,11-12H2,1-4H3. The maximum absolute atomic E-state index is 13.5. The second-order valence-corrected chi connectivity index (χ2v) is 9.53. The molecule has 4 rings (SSSR count). The van der Waals surface area contributed by atoms with Gasteiger partial charge in [-0.2, -0.15) is 18.3 Å². The summed E-state index contributed by atoms with van der Waals surface area (Å²) < 4.78 is 42.2. The highest BCUT2D eigenvalue weighted by atomic mass is 32.1. The van der Waals surface area contributed by atoms with Crippen molar-refractivity contribution in [2.45, 2.75) is 59.3 Å². The molecule has 0 bridgehead atoms. The Morgan fingerprint density at radius 1 is 1.17 bits per heavy atom. The number of nitrogens with zero attached hydrogens (tertiary/aromatic N) is 8. The molecule has 0 radical (unpaired) electrons. The first kappa shape index (κ1) is 25.0. The summed E-state index contributed by atoms with van der Waals surface area (Å²) >= 11 is 0.610. The molecule has 0 aromatic carbocycles. The van der Waals surface area contributed by atoms with Crippen molar-refractivity contribution >= 4 is 22.2 Å². The van der Waals surface area contributed by atoms with Crippen LogP contribution in [-0.2, 0) is 23.9 Å². The van der Waals surface area contributed by atoms with E-state index in [1.807, 2.05) is 18.7 Å². The molecule has 35 heavy (non-hydrogen) atoms. The minimum atomic E-state index is -4.56. The molecule has 9 nitrogen and oxygen atoms in total. The van der Waals surface area contributed by atoms with Crippen LogP contribution in [0.3, 0.4) is 0 Å². The quantitative estimate of drug-likeness (QED) is 0.503. The van der Waals surface area contributed by atoms with Crippen LogP contribution in [-0.4, -0.2) is 66.2 Å². The van der Waals surface area contributed by atoms with Crippen LogP contribution in [0.15, 0.2) is 12.4 Å². The number of hydrogen-bond acceptors (Lipinski definition) is 8. The highest BCUT2D eigenvalue weighted by Gasteiger charge is 2.38. The van der Waals surface area contributed by atoms with E-state index in [2.05, 4.69) is 25.0 Å². The van der Waals surface area contributed by atoms with E-state index in [0.717, 1.165) is 6.42 Å². The smallest absolute Gasteiger partial charge is 0.358 e. The average molecular weight is 509 g/mol. The normalized spacial score (nSPS) is 16.7. The molecule has 1 unspecified atom stereocenters. The molecular weight excluding hydrogens is 481 g/mol. The number of thiazole rings is 1. The molecule has 0 saturated carbocycles. The van der Waals surface area contributed by atoms with Crippen molar-refractivity contribution in [1.82, 2.24) is 34.6 Å². The van der Waals surface area contributed by atoms with Gasteiger partial charge in [0.05, 0.1) is 0 Å². The molecule has 1 fully saturated rings. The van der Waals surface area contributed by atoms with Gasteiger partial charge in [-0.25, -0.2) is 24.6 Å². The Balaban J connectivity index is 1.55. The van der Waals surface area contributed by atoms with E-state index in [1.54, 1.807) is 23.4 Å². The first-order valence-corrected chi connectivity index (χ1v) is 12.2. The molecule has 1 atom stereocenters. The lowest BCUT2D eigenvalue weighted by Crippen LogP contribution is -2.54. The van der Waals surface area contributed by atoms with Gasteiger partial charge in [0.1, 0.15) is 34.7 Å². The lowest BCUT2D eigenvalue weighted by Gasteiger charge is -2.40. The Morgan fingerprint density at radius 3 is 2.46 bits per heavy atom. The molecule has 1 aliphatic heterocycles. The van der Waals surface area contributed by atoms with Crippen molar-refractivity contribution < 1.29 is 18.0 Å². The third-order valence-electron chi connectivity index (χ3n) is 5.79. The summed E-state index contributed by atoms with van der Waals surface area (Å²) in [7, 11) is 0. The third kappa shape index (κ3) is 5.44. The van der Waals surface area contributed by atoms with Crippen LogP contribution in [0.5, 0.6) is 0 Å². The fourth-order valence-corrected chi connectivity index (χ4v) is 5.10. The number of rotatable bonds is 6. The number of aryl methyl sites for hydroxylation is 3. The Bertz CT molecular complexity index is 1190. The number of aromatic nitrogens is 6. The zero-order chi connectivity index (χ0) is 25.3. The summed E-state index contributed by atoms with van der Waals surface area (Å²) in [6.45, 7) is 8.65. The van der Waals surface area contributed by atoms with E-state index < -0.39 is 11.2 Å². The summed E-state index contributed by atoms with van der Waals surface area (Å²) in [5.74, 6) is 1.79. The molecule has 0 N–H and O–H groups in total. The van der Waals surface area contributed by atoms with Gasteiger partial charge in [-0.15, -0.1) is 0 Å². The number of amides is 1. The second kappa shape index (κ2) is 9.88. The maximum Gasteiger partial charge on any atom is 0.443 e. The SMILES string of the molecule is CCCc1ncc(-c2nc(C(F)(F)F)sc2N2CCN(C(=O)Cn3nc(C)nc3C)C(C)C2)cn1. The summed E-state index contributed by atoms with van der Waals surface area (Å²) in [5.41, 5.74) is 0.654. The second-order valence-electron chi connectivity index (χ2n) is 8.55. The van der Waals surface area contributed by atoms with E-state index in [9.17, 15) is 18.0 Å². The molecule has 3 aromatic rings. The minimum absolute atomic E-state index is 0.0719. The lowest BCUT2D eigenvalue weighted by molar-refractivity contribution is -0.137. The van der Waals surface area contributed by atoms with Crippen LogP contribution in [0, 0.1) is 13.8 Å². The van der Waals surface area contributed by atoms with Crippen LogP contribution < -0.4 is 4.90 Å². The maximum atomic E-state index is 13.5. The zero-order valence-electron chi connectivity index (χ0n) is 20.0. The molecule has 1 saturated heterocycles. The Kier molecular flexibility index (Phi) is 7.06. The number of carbonyl (C=O) groups is 1. The summed E-state index contributed by atoms with van der Waals surface area (Å²) in [5, 5.41) is 3.74. The van der Waals surface area contributed by atoms with E-state index >= 15 is 0 Å². The number of carbonyl (C=O) groups excluding carboxylic acids is 1. The number of halogens is 3. The van der Waals surface area contributed by atoms with Crippen molar-refractivity contribution in [1.29, 1.82) is 0 Å². The van der Waals surface area contributed by atoms with Crippen molar-refractivity contribution in [3.8, 4) is 11.3 Å². The monoisotopic (exact) mass is 508 g/mol. The van der Waals surface area contributed by atoms with E-state index in [-0.39, 0.29) is 24.2 Å². The van der Waals surface area contributed by atoms with Crippen LogP contribution >= 0.6 is 11.3 Å². The number of hydrogen-bond donors (Lipinski definition) is 0. The Hall–Kier alpha value is -3.09. The minimum Gasteiger partial charge on any atom is -0.358 e. The number of piperazine rings is 1. The van der Waals surface area contributed by atoms with Gasteiger partial charge in [0, 0.05) is 50.1 Å². The van der Waals surface area contributed by atoms with Gasteiger partial charge < -0.3 is 9.80 Å². The van der Waals surface area contributed by atoms with E-state index in [0.29, 0.717) is 65.4 Å². The van der Waals surface area contributed by atoms with Crippen molar-refractivity contribution in [2.24, 2.45) is 0 Å². The number of anilines is 1. The lowest BCUT2D eigenvalue weighted by atomic mass is 10.1. The highest BCUT2D eigenvalue weighted by Crippen LogP contribution is 2.42. The van der Waals surface area contributed by atoms with Crippen molar-refractivity contribution in [2.75, 3.05) is 24.5 Å². The molecule has 188 valence electrons. The van der Waals surface area contributed by atoms with Gasteiger partial charge in [0.15, 0.2) is 0 Å². The first-order valence-electron chi connectivity index (χ1n) is 11.4. The molecular formula is C22H27F3N8OS. The third-order valence-corrected chi connectivity index (χ3v) is 6.95. The molecule has 1 aliphatic rings. The van der Waals surface area contributed by atoms with Crippen molar-refractivity contribution in [3.05, 3.63) is 34.9 Å². The fourth-order valence-electron chi connectivity index (χ4n) is 4.11. The van der Waals surface area contributed by atoms with Crippen LogP contribution in [0.4, 0.5) is 18.2 Å². The van der Waals surface area contributed by atoms with Crippen molar-refractivity contribution in [3.63, 3.8) is 0 Å². The van der Waals surface area contributed by atoms with Gasteiger partial charge in [0.2, 0.25) is 10.9 Å². The van der Waals surface area contributed by atoms with Gasteiger partial charge in [-0.1, -0.05) is 18.3 Å². The van der Waals surface area contributed by atoms with Crippen LogP contribution in [0.25, 0.3) is 11.3 Å². The molecule has 0 aliphatic carbocycles. The molecule has 13 heteroatoms. The summed E-state index contributed by atoms with van der Waals surface area (Å²) in [6.07, 6.45) is 0.0677. The van der Waals surface area contributed by atoms with Crippen LogP contribution in [0.1, 0.15) is 42.7 Å². The molecule has 0 spiro atoms. The first-order chi connectivity index (χ1) is 16.6. The Labute approximate surface area is 205 Å². The zero-order valence-corrected chi connectivity index (χ0v) is 20.8. The van der Waals surface area contributed by atoms with E-state index in [4.69, 9.17) is 0 Å². The largest absolute Gasteiger partial charge is 0.443 e. The van der Waals surface area contributed by atoms with Crippen LogP contribution in [0.2, 0.25) is 0 Å². The molecule has 3 aromatic heterocycles. The number of alkyl halides is 3. The van der Waals surface area contributed by atoms with E-state index in [1.165, 1.54) is 12.4 Å². The Morgan fingerprint density at radius 2 is 1.89 bits per heavy atom. The van der Waals surface area contributed by atoms with Gasteiger partial charge in [0.25, 0.3) is 0 Å². The fraction of sp³-hybridized carbons (Fsp3) is 0.545. The predicted molar refractivity (Wildman–Crippen MR) is 125 cm³/mol. The van der Waals surface area contributed by atoms with Gasteiger partial charge >= 0.3 is 6.18 Å². The summed E-state index contributed by atoms with van der Waals surface area (Å²) in [4.78, 5) is 33.3. The summed E-state index contributed by atoms with van der Waals surface area (Å²) in [6, 6.07) is -0.214. The van der Waals surface area contributed by atoms with Gasteiger partial charge in [-0.3, -0.25) is 4.79 Å². The molecule has 4 heterocycles. The highest BCUT2D eigenvalue weighted by molar-refractivity contribution is 7.16. The predicted octanol–water partition coefficient (Wildman–Crippen LogP) is 3.52. The van der Waals surface area contributed by atoms with Gasteiger partial charge in [-0.05, 0) is 27.2 Å². The molecule has 1 amide bonds.